The van der Waals surface area contributed by atoms with Crippen molar-refractivity contribution in [3.05, 3.63) is 12.2 Å². The predicted molar refractivity (Wildman–Crippen MR) is 85.2 cm³/mol. The first-order valence-corrected chi connectivity index (χ1v) is 9.29. The summed E-state index contributed by atoms with van der Waals surface area (Å²) < 4.78 is 17.1. The van der Waals surface area contributed by atoms with Crippen molar-refractivity contribution in [2.24, 2.45) is 16.7 Å². The number of carbonyl (C=O) groups is 6. The Morgan fingerprint density at radius 1 is 0.920 bits per heavy atom. The van der Waals surface area contributed by atoms with Gasteiger partial charge in [-0.25, -0.2) is 4.52 Å². The average Bonchev–Trinajstić information content (AvgIpc) is 2.68. The fourth-order valence-corrected chi connectivity index (χ4v) is 5.59. The molecule has 13 heteroatoms. The van der Waals surface area contributed by atoms with Crippen molar-refractivity contribution >= 4 is 62.8 Å². The summed E-state index contributed by atoms with van der Waals surface area (Å²) in [6, 6.07) is 0. The van der Waals surface area contributed by atoms with Crippen molar-refractivity contribution < 1.29 is 33.3 Å². The summed E-state index contributed by atoms with van der Waals surface area (Å²) in [4.78, 5) is 70.5. The molecule has 0 aliphatic heterocycles. The van der Waals surface area contributed by atoms with Gasteiger partial charge in [0.2, 0.25) is 0 Å². The zero-order valence-electron chi connectivity index (χ0n) is 12.2. The van der Waals surface area contributed by atoms with E-state index in [4.69, 9.17) is 4.52 Å². The minimum Gasteiger partial charge on any atom is -0.303 e. The van der Waals surface area contributed by atoms with Gasteiger partial charge in [-0.05, 0) is 19.6 Å². The number of allylic oxidation sites excluding steroid dienone is 1. The molecule has 128 valence electrons. The van der Waals surface area contributed by atoms with E-state index in [-0.39, 0.29) is 54.7 Å². The standard InChI is InChI=1S/C12H9N3O7P3/c16-3-9-1-2-12(8-21,22-25-14-23-13-24-15-25)11(6-19,7-20)10(9,4-17)5-18/h1-9H/q+1. The van der Waals surface area contributed by atoms with E-state index < -0.39 is 30.4 Å². The topological polar surface area (TPSA) is 150 Å². The van der Waals surface area contributed by atoms with Gasteiger partial charge in [0.15, 0.2) is 11.9 Å². The lowest BCUT2D eigenvalue weighted by atomic mass is 9.50. The van der Waals surface area contributed by atoms with Gasteiger partial charge in [0, 0.05) is 0 Å². The molecule has 1 heterocycles. The number of hydrogen-bond acceptors (Lipinski definition) is 10. The van der Waals surface area contributed by atoms with Crippen LogP contribution in [0.5, 0.6) is 0 Å². The molecule has 0 amide bonds. The number of carbonyl (C=O) groups excluding carboxylic acids is 6. The Hall–Kier alpha value is -1.98. The van der Waals surface area contributed by atoms with Crippen LogP contribution < -0.4 is 4.52 Å². The van der Waals surface area contributed by atoms with Gasteiger partial charge in [-0.15, -0.1) is 0 Å². The van der Waals surface area contributed by atoms with Crippen molar-refractivity contribution in [1.29, 1.82) is 0 Å². The van der Waals surface area contributed by atoms with Gasteiger partial charge in [0.25, 0.3) is 0 Å². The number of hydrogen-bond donors (Lipinski definition) is 0. The quantitative estimate of drug-likeness (QED) is 0.326. The van der Waals surface area contributed by atoms with Gasteiger partial charge >= 0.3 is 25.1 Å². The SMILES string of the molecule is O=CC1C=CC(C=O)(O[p+]2npnpn2)C(C=O)(C=O)C1(C=O)C=O. The summed E-state index contributed by atoms with van der Waals surface area (Å²) in [5, 5.41) is 0. The number of rotatable bonds is 8. The third-order valence-electron chi connectivity index (χ3n) is 4.10. The Kier molecular flexibility index (Phi) is 5.80. The van der Waals surface area contributed by atoms with Crippen LogP contribution in [0, 0.1) is 16.7 Å². The molecular formula is C12H9N3O7P3+. The molecule has 2 rings (SSSR count). The molecule has 1 aromatic rings. The zero-order valence-corrected chi connectivity index (χ0v) is 14.9. The van der Waals surface area contributed by atoms with Crippen LogP contribution in [0.15, 0.2) is 12.2 Å². The maximum Gasteiger partial charge on any atom is 0.354 e. The van der Waals surface area contributed by atoms with Crippen molar-refractivity contribution in [2.45, 2.75) is 5.60 Å². The number of aromatic nitrogens is 3. The van der Waals surface area contributed by atoms with Gasteiger partial charge in [-0.2, -0.15) is 0 Å². The molecule has 0 spiro atoms. The van der Waals surface area contributed by atoms with Crippen LogP contribution in [0.2, 0.25) is 0 Å². The highest BCUT2D eigenvalue weighted by atomic mass is 31.2. The Bertz CT molecular complexity index is 744. The normalized spacial score (nSPS) is 27.5. The molecule has 10 nitrogen and oxygen atoms in total. The smallest absolute Gasteiger partial charge is 0.303 e. The monoisotopic (exact) mass is 400 g/mol. The molecule has 25 heavy (non-hydrogen) atoms. The van der Waals surface area contributed by atoms with E-state index in [1.54, 1.807) is 0 Å². The highest BCUT2D eigenvalue weighted by Crippen LogP contribution is 2.52. The van der Waals surface area contributed by atoms with E-state index in [0.717, 1.165) is 12.2 Å². The third kappa shape index (κ3) is 2.62. The van der Waals surface area contributed by atoms with Crippen LogP contribution >= 0.6 is 25.1 Å². The third-order valence-corrected chi connectivity index (χ3v) is 7.06. The molecule has 1 aliphatic carbocycles. The molecule has 0 radical (unpaired) electrons. The maximum atomic E-state index is 11.9. The molecule has 0 fully saturated rings. The minimum absolute atomic E-state index is 0.0151. The molecule has 0 N–H and O–H groups in total. The van der Waals surface area contributed by atoms with Gasteiger partial charge in [-0.1, -0.05) is 6.08 Å². The van der Waals surface area contributed by atoms with Crippen LogP contribution in [-0.2, 0) is 28.8 Å². The molecule has 1 aromatic heterocycles. The lowest BCUT2D eigenvalue weighted by Gasteiger charge is -2.48. The number of aldehydes is 6. The van der Waals surface area contributed by atoms with Gasteiger partial charge < -0.3 is 24.0 Å². The first kappa shape index (κ1) is 19.3. The molecular weight excluding hydrogens is 391 g/mol. The van der Waals surface area contributed by atoms with Crippen molar-refractivity contribution in [1.82, 2.24) is 13.5 Å². The van der Waals surface area contributed by atoms with E-state index in [2.05, 4.69) is 13.5 Å². The van der Waals surface area contributed by atoms with E-state index in [0.29, 0.717) is 0 Å². The molecule has 1 aliphatic rings. The van der Waals surface area contributed by atoms with Gasteiger partial charge in [-0.3, -0.25) is 4.79 Å². The van der Waals surface area contributed by atoms with Crippen LogP contribution in [0.1, 0.15) is 0 Å². The highest BCUT2D eigenvalue weighted by Gasteiger charge is 2.70. The van der Waals surface area contributed by atoms with Crippen LogP contribution in [0.25, 0.3) is 0 Å². The summed E-state index contributed by atoms with van der Waals surface area (Å²) in [5.74, 6) is -1.42. The van der Waals surface area contributed by atoms with Crippen molar-refractivity contribution in [3.63, 3.8) is 0 Å². The van der Waals surface area contributed by atoms with E-state index >= 15 is 0 Å². The minimum atomic E-state index is -2.58. The summed E-state index contributed by atoms with van der Waals surface area (Å²) >= 11 is 0. The fourth-order valence-electron chi connectivity index (χ4n) is 2.69. The first-order valence-electron chi connectivity index (χ1n) is 6.52. The summed E-state index contributed by atoms with van der Waals surface area (Å²) in [7, 11) is -1.42. The highest BCUT2D eigenvalue weighted by molar-refractivity contribution is 7.50. The van der Waals surface area contributed by atoms with E-state index in [1.165, 1.54) is 0 Å². The molecule has 2 unspecified atom stereocenters. The van der Waals surface area contributed by atoms with Crippen LogP contribution in [0.4, 0.5) is 0 Å². The second-order valence-electron chi connectivity index (χ2n) is 5.00. The predicted octanol–water partition coefficient (Wildman–Crippen LogP) is -0.181. The average molecular weight is 400 g/mol. The van der Waals surface area contributed by atoms with E-state index in [9.17, 15) is 28.8 Å². The van der Waals surface area contributed by atoms with Gasteiger partial charge in [0.1, 0.15) is 42.3 Å². The van der Waals surface area contributed by atoms with Crippen molar-refractivity contribution in [3.8, 4) is 0 Å². The second kappa shape index (κ2) is 7.50. The summed E-state index contributed by atoms with van der Waals surface area (Å²) in [6.07, 6.45) is 2.46. The molecule has 0 aromatic carbocycles. The molecule has 0 bridgehead atoms. The van der Waals surface area contributed by atoms with Crippen LogP contribution in [-0.4, -0.2) is 56.8 Å². The number of nitrogens with zero attached hydrogens (tertiary/aromatic N) is 3. The Morgan fingerprint density at radius 3 is 1.96 bits per heavy atom. The fraction of sp³-hybridized carbons (Fsp3) is 0.333. The van der Waals surface area contributed by atoms with Crippen molar-refractivity contribution in [2.75, 3.05) is 0 Å². The summed E-state index contributed by atoms with van der Waals surface area (Å²) in [6.45, 7) is 0. The first-order chi connectivity index (χ1) is 12.0. The second-order valence-corrected chi connectivity index (χ2v) is 8.19. The molecule has 0 saturated heterocycles. The Morgan fingerprint density at radius 2 is 1.52 bits per heavy atom. The Labute approximate surface area is 144 Å². The lowest BCUT2D eigenvalue weighted by molar-refractivity contribution is -0.167. The lowest BCUT2D eigenvalue weighted by Crippen LogP contribution is -2.68. The zero-order chi connectivity index (χ0) is 18.6. The van der Waals surface area contributed by atoms with Gasteiger partial charge in [0.05, 0.1) is 5.92 Å². The summed E-state index contributed by atoms with van der Waals surface area (Å²) in [5.41, 5.74) is -7.33. The van der Waals surface area contributed by atoms with E-state index in [1.807, 2.05) is 0 Å². The Balaban J connectivity index is 2.81. The van der Waals surface area contributed by atoms with Crippen LogP contribution in [0.3, 0.4) is 0 Å². The maximum absolute atomic E-state index is 11.9. The largest absolute Gasteiger partial charge is 0.354 e. The molecule has 0 saturated carbocycles. The molecule has 2 atom stereocenters.